The van der Waals surface area contributed by atoms with Gasteiger partial charge in [0, 0.05) is 67.3 Å². The Balaban J connectivity index is 0.866. The highest BCUT2D eigenvalue weighted by Gasteiger charge is 2.43. The third-order valence-electron chi connectivity index (χ3n) is 12.6. The van der Waals surface area contributed by atoms with Gasteiger partial charge in [-0.25, -0.2) is 14.3 Å². The molecule has 15 heteroatoms. The fourth-order valence-electron chi connectivity index (χ4n) is 9.18. The molecule has 1 saturated heterocycles. The van der Waals surface area contributed by atoms with Crippen molar-refractivity contribution in [1.29, 1.82) is 0 Å². The van der Waals surface area contributed by atoms with Crippen LogP contribution in [0, 0.1) is 0 Å². The van der Waals surface area contributed by atoms with Crippen LogP contribution in [0.5, 0.6) is 23.3 Å². The van der Waals surface area contributed by atoms with Gasteiger partial charge in [-0.3, -0.25) is 14.5 Å². The standard InChI is InChI=1S/C46H47N7O8/c1-5-29-32-19-28(11-13-36(32)47-41-34(29)24-52-37(41)21-35-30(43(52)57)12-14-40(56)46(35,60)6-2)61-45(59)51-17-15-50(16-18-51)23-26-7-9-27(10-8-26)53-42(48-49-44(53)58)33-20-31(25(3)4)38(54)22-39(33)55/h7-11,13,19-22,25,54-55,60H,5-6,12,14-18,23-24H2,1-4H3,(H,49,58). The van der Waals surface area contributed by atoms with E-state index in [1.54, 1.807) is 34.6 Å². The summed E-state index contributed by atoms with van der Waals surface area (Å²) in [5, 5.41) is 51.8. The van der Waals surface area contributed by atoms with Crippen LogP contribution in [0.4, 0.5) is 4.79 Å². The summed E-state index contributed by atoms with van der Waals surface area (Å²) in [6.45, 7) is 10.8. The number of hydrogen-bond donors (Lipinski definition) is 4. The van der Waals surface area contributed by atoms with Crippen molar-refractivity contribution in [3.63, 3.8) is 0 Å². The van der Waals surface area contributed by atoms with Gasteiger partial charge in [0.25, 0.3) is 5.56 Å². The maximum absolute atomic E-state index is 13.8. The molecular formula is C46H47N7O8. The second-order valence-corrected chi connectivity index (χ2v) is 16.4. The number of fused-ring (bicyclic) bond motifs is 5. The number of aromatic hydroxyl groups is 3. The summed E-state index contributed by atoms with van der Waals surface area (Å²) >= 11 is 0. The number of ether oxygens (including phenoxy) is 1. The number of pyridine rings is 2. The van der Waals surface area contributed by atoms with Crippen molar-refractivity contribution < 1.29 is 34.8 Å². The highest BCUT2D eigenvalue weighted by Crippen LogP contribution is 2.42. The number of aromatic nitrogens is 5. The minimum atomic E-state index is -1.69. The number of rotatable bonds is 8. The molecule has 61 heavy (non-hydrogen) atoms. The number of aryl methyl sites for hydroxylation is 1. The van der Waals surface area contributed by atoms with Gasteiger partial charge in [-0.15, -0.1) is 5.10 Å². The van der Waals surface area contributed by atoms with E-state index >= 15 is 0 Å². The molecule has 2 aliphatic heterocycles. The predicted molar refractivity (Wildman–Crippen MR) is 226 cm³/mol. The third-order valence-corrected chi connectivity index (χ3v) is 12.6. The van der Waals surface area contributed by atoms with Gasteiger partial charge in [0.15, 0.2) is 11.6 Å². The van der Waals surface area contributed by atoms with Crippen LogP contribution in [0.1, 0.15) is 79.8 Å². The summed E-state index contributed by atoms with van der Waals surface area (Å²) in [5.41, 5.74) is 5.43. The summed E-state index contributed by atoms with van der Waals surface area (Å²) < 4.78 is 9.07. The monoisotopic (exact) mass is 825 g/mol. The molecule has 0 saturated carbocycles. The van der Waals surface area contributed by atoms with E-state index in [0.29, 0.717) is 103 Å². The number of carbonyl (C=O) groups is 2. The Hall–Kier alpha value is -6.58. The van der Waals surface area contributed by atoms with Crippen LogP contribution in [-0.2, 0) is 36.3 Å². The van der Waals surface area contributed by atoms with Crippen LogP contribution in [0.2, 0.25) is 0 Å². The molecule has 5 heterocycles. The summed E-state index contributed by atoms with van der Waals surface area (Å²) in [4.78, 5) is 49.0. The van der Waals surface area contributed by atoms with Gasteiger partial charge in [0.2, 0.25) is 0 Å². The number of nitrogens with zero attached hydrogens (tertiary/aromatic N) is 7. The Labute approximate surface area is 351 Å². The lowest BCUT2D eigenvalue weighted by Crippen LogP contribution is -2.49. The fraction of sp³-hybridized carbons (Fsp3) is 0.348. The normalized spacial score (nSPS) is 17.5. The summed E-state index contributed by atoms with van der Waals surface area (Å²) in [6.07, 6.45) is 0.827. The Morgan fingerprint density at radius 1 is 0.885 bits per heavy atom. The van der Waals surface area contributed by atoms with E-state index in [1.165, 1.54) is 10.6 Å². The molecule has 1 unspecified atom stereocenters. The molecule has 314 valence electrons. The molecular weight excluding hydrogens is 779 g/mol. The van der Waals surface area contributed by atoms with Crippen molar-refractivity contribution in [2.45, 2.75) is 78.0 Å². The number of ketones is 1. The number of piperazine rings is 1. The molecule has 1 aliphatic carbocycles. The summed E-state index contributed by atoms with van der Waals surface area (Å²) in [7, 11) is 0. The Morgan fingerprint density at radius 3 is 2.34 bits per heavy atom. The van der Waals surface area contributed by atoms with Gasteiger partial charge in [0.1, 0.15) is 22.8 Å². The Kier molecular flexibility index (Phi) is 9.90. The van der Waals surface area contributed by atoms with Crippen molar-refractivity contribution in [2.75, 3.05) is 26.2 Å². The van der Waals surface area contributed by atoms with E-state index in [4.69, 9.17) is 9.72 Å². The van der Waals surface area contributed by atoms with E-state index in [-0.39, 0.29) is 53.4 Å². The lowest BCUT2D eigenvalue weighted by atomic mass is 9.77. The Morgan fingerprint density at radius 2 is 1.64 bits per heavy atom. The molecule has 0 bridgehead atoms. The van der Waals surface area contributed by atoms with Gasteiger partial charge in [0.05, 0.1) is 34.7 Å². The number of amides is 1. The number of hydrogen-bond acceptors (Lipinski definition) is 12. The van der Waals surface area contributed by atoms with Gasteiger partial charge < -0.3 is 34.6 Å². The number of benzene rings is 3. The molecule has 3 aromatic heterocycles. The molecule has 1 amide bonds. The second-order valence-electron chi connectivity index (χ2n) is 16.4. The number of phenols is 2. The molecule has 3 aromatic carbocycles. The smallest absolute Gasteiger partial charge is 0.415 e. The van der Waals surface area contributed by atoms with E-state index in [0.717, 1.165) is 22.1 Å². The molecule has 9 rings (SSSR count). The molecule has 15 nitrogen and oxygen atoms in total. The molecule has 1 atom stereocenters. The topological polar surface area (TPSA) is 196 Å². The first-order valence-corrected chi connectivity index (χ1v) is 20.8. The average molecular weight is 826 g/mol. The van der Waals surface area contributed by atoms with Crippen molar-refractivity contribution in [2.24, 2.45) is 0 Å². The van der Waals surface area contributed by atoms with Crippen molar-refractivity contribution in [1.82, 2.24) is 34.1 Å². The number of Topliss-reactive ketones (excluding diaryl/α,β-unsaturated/α-hetero) is 1. The zero-order chi connectivity index (χ0) is 42.9. The highest BCUT2D eigenvalue weighted by atomic mass is 16.6. The highest BCUT2D eigenvalue weighted by molar-refractivity contribution is 5.92. The van der Waals surface area contributed by atoms with E-state index in [1.807, 2.05) is 57.2 Å². The van der Waals surface area contributed by atoms with Crippen LogP contribution in [0.15, 0.2) is 65.5 Å². The second kappa shape index (κ2) is 15.2. The van der Waals surface area contributed by atoms with Crippen LogP contribution < -0.4 is 10.3 Å². The quantitative estimate of drug-likeness (QED) is 0.142. The predicted octanol–water partition coefficient (Wildman–Crippen LogP) is 5.91. The number of carbonyl (C=O) groups excluding carboxylic acids is 2. The summed E-state index contributed by atoms with van der Waals surface area (Å²) in [5.74, 6) is 0.145. The van der Waals surface area contributed by atoms with Crippen LogP contribution in [-0.4, -0.2) is 92.6 Å². The number of aliphatic hydroxyl groups is 1. The van der Waals surface area contributed by atoms with Crippen molar-refractivity contribution in [3.8, 4) is 51.7 Å². The van der Waals surface area contributed by atoms with Gasteiger partial charge in [-0.2, -0.15) is 0 Å². The fourth-order valence-corrected chi connectivity index (χ4v) is 9.18. The van der Waals surface area contributed by atoms with Crippen molar-refractivity contribution in [3.05, 3.63) is 104 Å². The van der Waals surface area contributed by atoms with Gasteiger partial charge in [-0.05, 0) is 84.3 Å². The molecule has 3 aliphatic rings. The Bertz CT molecular complexity index is 2820. The van der Waals surface area contributed by atoms with E-state index in [9.17, 15) is 34.8 Å². The van der Waals surface area contributed by atoms with Gasteiger partial charge >= 0.3 is 12.1 Å². The molecule has 4 N–H and O–H groups in total. The minimum Gasteiger partial charge on any atom is -0.508 e. The molecule has 0 spiro atoms. The SMILES string of the molecule is CCc1c2c(nc3ccc(OC(=O)N4CCN(Cc5ccc(-n6c(O)nnc6-c6cc(C(C)C)c(O)cc6O)cc5)CC4)cc13)-c1cc3c(c(=O)n1C2)CCC(=O)C3(O)CC. The zero-order valence-corrected chi connectivity index (χ0v) is 34.5. The lowest BCUT2D eigenvalue weighted by molar-refractivity contribution is -0.140. The molecule has 1 fully saturated rings. The van der Waals surface area contributed by atoms with Crippen LogP contribution >= 0.6 is 0 Å². The molecule has 6 aromatic rings. The minimum absolute atomic E-state index is 0.0145. The largest absolute Gasteiger partial charge is 0.508 e. The first-order chi connectivity index (χ1) is 29.3. The average Bonchev–Trinajstić information content (AvgIpc) is 3.82. The maximum Gasteiger partial charge on any atom is 0.415 e. The van der Waals surface area contributed by atoms with E-state index < -0.39 is 11.7 Å². The van der Waals surface area contributed by atoms with Crippen LogP contribution in [0.3, 0.4) is 0 Å². The van der Waals surface area contributed by atoms with Crippen molar-refractivity contribution >= 4 is 22.8 Å². The first-order valence-electron chi connectivity index (χ1n) is 20.8. The first kappa shape index (κ1) is 39.9. The van der Waals surface area contributed by atoms with Crippen LogP contribution in [0.25, 0.3) is 39.4 Å². The molecule has 0 radical (unpaired) electrons. The third kappa shape index (κ3) is 6.68. The lowest BCUT2D eigenvalue weighted by Gasteiger charge is -2.34. The number of phenolic OH excluding ortho intramolecular Hbond substituents is 2. The van der Waals surface area contributed by atoms with E-state index in [2.05, 4.69) is 15.1 Å². The zero-order valence-electron chi connectivity index (χ0n) is 34.5. The van der Waals surface area contributed by atoms with Gasteiger partial charge in [-0.1, -0.05) is 44.9 Å². The maximum atomic E-state index is 13.8. The summed E-state index contributed by atoms with van der Waals surface area (Å²) in [6, 6.07) is 17.3.